The maximum atomic E-state index is 15.1. The van der Waals surface area contributed by atoms with Crippen LogP contribution >= 0.6 is 11.6 Å². The fourth-order valence-corrected chi connectivity index (χ4v) is 6.82. The van der Waals surface area contributed by atoms with Crippen LogP contribution in [0.3, 0.4) is 0 Å². The van der Waals surface area contributed by atoms with Gasteiger partial charge in [-0.15, -0.1) is 0 Å². The first-order valence-corrected chi connectivity index (χ1v) is 13.9. The molecule has 2 aliphatic heterocycles. The Labute approximate surface area is 232 Å². The molecule has 40 heavy (non-hydrogen) atoms. The molecule has 2 saturated heterocycles. The van der Waals surface area contributed by atoms with Gasteiger partial charge in [-0.2, -0.15) is 9.29 Å². The van der Waals surface area contributed by atoms with Gasteiger partial charge in [0.15, 0.2) is 17.1 Å². The number of hydrogen-bond acceptors (Lipinski definition) is 10. The predicted molar refractivity (Wildman–Crippen MR) is 135 cm³/mol. The van der Waals surface area contributed by atoms with Crippen molar-refractivity contribution in [1.29, 1.82) is 0 Å². The average molecular weight is 599 g/mol. The van der Waals surface area contributed by atoms with Gasteiger partial charge in [0.1, 0.15) is 18.2 Å². The zero-order chi connectivity index (χ0) is 28.6. The molecule has 5 rings (SSSR count). The number of piperazine rings is 1. The lowest BCUT2D eigenvalue weighted by molar-refractivity contribution is -0.136. The van der Waals surface area contributed by atoms with E-state index >= 15 is 4.39 Å². The summed E-state index contributed by atoms with van der Waals surface area (Å²) < 4.78 is 64.1. The minimum atomic E-state index is -4.49. The van der Waals surface area contributed by atoms with E-state index in [0.29, 0.717) is 22.5 Å². The van der Waals surface area contributed by atoms with Crippen LogP contribution in [0.15, 0.2) is 45.7 Å². The Morgan fingerprint density at radius 1 is 1.23 bits per heavy atom. The number of nitrogens with zero attached hydrogens (tertiary/aromatic N) is 3. The first-order chi connectivity index (χ1) is 19.1. The fraction of sp³-hybridized carbons (Fsp3) is 0.375. The van der Waals surface area contributed by atoms with E-state index < -0.39 is 50.9 Å². The Bertz CT molecular complexity index is 1550. The summed E-state index contributed by atoms with van der Waals surface area (Å²) in [6, 6.07) is 4.60. The molecule has 2 aliphatic rings. The normalized spacial score (nSPS) is 21.0. The Morgan fingerprint density at radius 2 is 2.02 bits per heavy atom. The highest BCUT2D eigenvalue weighted by molar-refractivity contribution is 7.89. The van der Waals surface area contributed by atoms with E-state index in [0.717, 1.165) is 22.5 Å². The lowest BCUT2D eigenvalue weighted by atomic mass is 10.1. The van der Waals surface area contributed by atoms with Crippen molar-refractivity contribution in [3.05, 3.63) is 47.2 Å². The highest BCUT2D eigenvalue weighted by Crippen LogP contribution is 2.38. The van der Waals surface area contributed by atoms with Crippen LogP contribution in [-0.2, 0) is 24.3 Å². The maximum Gasteiger partial charge on any atom is 0.410 e. The number of rotatable bonds is 8. The number of oxazole rings is 1. The molecule has 2 aromatic carbocycles. The smallest absolute Gasteiger partial charge is 0.410 e. The van der Waals surface area contributed by atoms with Gasteiger partial charge in [-0.05, 0) is 49.2 Å². The molecule has 0 spiro atoms. The van der Waals surface area contributed by atoms with E-state index in [9.17, 15) is 23.2 Å². The molecule has 0 saturated carbocycles. The van der Waals surface area contributed by atoms with Crippen LogP contribution < -0.4 is 10.2 Å². The van der Waals surface area contributed by atoms with Crippen molar-refractivity contribution < 1.29 is 46.2 Å². The summed E-state index contributed by atoms with van der Waals surface area (Å²) >= 11 is 5.94. The SMILES string of the molecule is COCCOC(=O)N1[C@@H]2CC[C@H]1[C@H](C(=O)NO)N(S(=O)(=O)c1ccc(Oc3nc4cc(Cl)ccc4o3)c(F)c1)C2. The van der Waals surface area contributed by atoms with Gasteiger partial charge < -0.3 is 18.6 Å². The Hall–Kier alpha value is -3.50. The zero-order valence-electron chi connectivity index (χ0n) is 21.0. The first-order valence-electron chi connectivity index (χ1n) is 12.1. The molecule has 2 fully saturated rings. The molecule has 0 aliphatic carbocycles. The molecular weight excluding hydrogens is 575 g/mol. The number of ether oxygens (including phenoxy) is 3. The molecule has 2 amide bonds. The summed E-state index contributed by atoms with van der Waals surface area (Å²) in [7, 11) is -3.05. The minimum Gasteiger partial charge on any atom is -0.447 e. The number of halogens is 2. The molecule has 0 unspecified atom stereocenters. The van der Waals surface area contributed by atoms with E-state index in [-0.39, 0.29) is 38.0 Å². The number of methoxy groups -OCH3 is 1. The topological polar surface area (TPSA) is 161 Å². The number of carbonyl (C=O) groups is 2. The second-order valence-electron chi connectivity index (χ2n) is 9.09. The highest BCUT2D eigenvalue weighted by atomic mass is 35.5. The van der Waals surface area contributed by atoms with Crippen molar-refractivity contribution >= 4 is 44.7 Å². The standard InChI is InChI=1S/C24H24ClFN4O9S/c1-36-8-9-37-24(32)30-14-3-5-18(30)21(22(31)28-33)29(12-14)40(34,35)15-4-7-19(16(26)11-15)38-23-27-17-10-13(25)2-6-20(17)39-23/h2,4,6-7,10-11,14,18,21,33H,3,5,8-9,12H2,1H3,(H,28,31)/t14-,18+,21-/m1/s1. The summed E-state index contributed by atoms with van der Waals surface area (Å²) in [4.78, 5) is 30.4. The van der Waals surface area contributed by atoms with Crippen LogP contribution in [0.5, 0.6) is 11.8 Å². The van der Waals surface area contributed by atoms with Gasteiger partial charge in [-0.1, -0.05) is 11.6 Å². The number of hydroxylamine groups is 1. The van der Waals surface area contributed by atoms with E-state index in [1.54, 1.807) is 12.1 Å². The number of nitrogens with one attached hydrogen (secondary N) is 1. The lowest BCUT2D eigenvalue weighted by Gasteiger charge is -2.44. The number of carbonyl (C=O) groups excluding carboxylic acids is 2. The van der Waals surface area contributed by atoms with Gasteiger partial charge in [-0.3, -0.25) is 14.9 Å². The molecule has 3 heterocycles. The molecule has 3 aromatic rings. The predicted octanol–water partition coefficient (Wildman–Crippen LogP) is 2.91. The van der Waals surface area contributed by atoms with Gasteiger partial charge in [0.05, 0.1) is 17.5 Å². The maximum absolute atomic E-state index is 15.1. The van der Waals surface area contributed by atoms with Gasteiger partial charge in [-0.25, -0.2) is 23.1 Å². The fourth-order valence-electron chi connectivity index (χ4n) is 4.98. The van der Waals surface area contributed by atoms with Crippen molar-refractivity contribution in [3.8, 4) is 11.8 Å². The Kier molecular flexibility index (Phi) is 7.83. The van der Waals surface area contributed by atoms with Crippen LogP contribution in [0.25, 0.3) is 11.1 Å². The second kappa shape index (κ2) is 11.2. The quantitative estimate of drug-likeness (QED) is 0.224. The summed E-state index contributed by atoms with van der Waals surface area (Å²) in [6.45, 7) is -0.154. The summed E-state index contributed by atoms with van der Waals surface area (Å²) in [6.07, 6.45) is -0.337. The van der Waals surface area contributed by atoms with Crippen molar-refractivity contribution in [2.75, 3.05) is 26.9 Å². The monoisotopic (exact) mass is 598 g/mol. The number of benzene rings is 2. The largest absolute Gasteiger partial charge is 0.447 e. The summed E-state index contributed by atoms with van der Waals surface area (Å²) in [5.74, 6) is -2.43. The second-order valence-corrected chi connectivity index (χ2v) is 11.4. The number of amides is 2. The zero-order valence-corrected chi connectivity index (χ0v) is 22.5. The third-order valence-electron chi connectivity index (χ3n) is 6.75. The van der Waals surface area contributed by atoms with Crippen molar-refractivity contribution in [3.63, 3.8) is 0 Å². The molecule has 13 nitrogen and oxygen atoms in total. The van der Waals surface area contributed by atoms with Crippen molar-refractivity contribution in [1.82, 2.24) is 19.7 Å². The molecule has 3 atom stereocenters. The molecule has 2 bridgehead atoms. The van der Waals surface area contributed by atoms with Gasteiger partial charge in [0, 0.05) is 24.7 Å². The van der Waals surface area contributed by atoms with Crippen LogP contribution in [0.2, 0.25) is 5.02 Å². The first kappa shape index (κ1) is 28.0. The molecular formula is C24H24ClFN4O9S. The van der Waals surface area contributed by atoms with E-state index in [4.69, 9.17) is 30.2 Å². The summed E-state index contributed by atoms with van der Waals surface area (Å²) in [5.41, 5.74) is 2.21. The third-order valence-corrected chi connectivity index (χ3v) is 8.83. The molecule has 2 N–H and O–H groups in total. The average Bonchev–Trinajstić information content (AvgIpc) is 3.47. The highest BCUT2D eigenvalue weighted by Gasteiger charge is 2.55. The number of fused-ring (bicyclic) bond motifs is 3. The van der Waals surface area contributed by atoms with Gasteiger partial charge >= 0.3 is 12.2 Å². The van der Waals surface area contributed by atoms with E-state index in [1.165, 1.54) is 23.6 Å². The van der Waals surface area contributed by atoms with Crippen molar-refractivity contribution in [2.24, 2.45) is 0 Å². The van der Waals surface area contributed by atoms with Crippen LogP contribution in [0.4, 0.5) is 9.18 Å². The molecule has 214 valence electrons. The van der Waals surface area contributed by atoms with Crippen LogP contribution in [0.1, 0.15) is 12.8 Å². The van der Waals surface area contributed by atoms with Crippen molar-refractivity contribution in [2.45, 2.75) is 35.9 Å². The molecule has 1 aromatic heterocycles. The Morgan fingerprint density at radius 3 is 2.75 bits per heavy atom. The van der Waals surface area contributed by atoms with Crippen LogP contribution in [-0.4, -0.2) is 84.8 Å². The summed E-state index contributed by atoms with van der Waals surface area (Å²) in [5, 5.41) is 9.80. The Balaban J connectivity index is 1.40. The third kappa shape index (κ3) is 5.17. The molecule has 16 heteroatoms. The van der Waals surface area contributed by atoms with E-state index in [1.807, 2.05) is 0 Å². The minimum absolute atomic E-state index is 0.0326. The number of aromatic nitrogens is 1. The van der Waals surface area contributed by atoms with E-state index in [2.05, 4.69) is 4.98 Å². The number of sulfonamides is 1. The van der Waals surface area contributed by atoms with Gasteiger partial charge in [0.25, 0.3) is 5.91 Å². The van der Waals surface area contributed by atoms with Gasteiger partial charge in [0.2, 0.25) is 10.0 Å². The molecule has 0 radical (unpaired) electrons. The number of hydrogen-bond donors (Lipinski definition) is 2. The lowest BCUT2D eigenvalue weighted by Crippen LogP contribution is -2.66. The van der Waals surface area contributed by atoms with Crippen LogP contribution in [0, 0.1) is 5.82 Å².